The molecule has 6 rings (SSSR count). The molecule has 0 aliphatic carbocycles. The van der Waals surface area contributed by atoms with Crippen molar-refractivity contribution in [2.75, 3.05) is 18.8 Å². The van der Waals surface area contributed by atoms with Gasteiger partial charge in [-0.05, 0) is 24.5 Å². The number of nitrogens with zero attached hydrogens (tertiary/aromatic N) is 8. The Bertz CT molecular complexity index is 1770. The second-order valence-electron chi connectivity index (χ2n) is 9.05. The number of aryl methyl sites for hydroxylation is 2. The van der Waals surface area contributed by atoms with Gasteiger partial charge in [0.25, 0.3) is 0 Å². The third-order valence-electron chi connectivity index (χ3n) is 6.65. The molecular weight excluding hydrogens is 477 g/mol. The lowest BCUT2D eigenvalue weighted by atomic mass is 10.1. The van der Waals surface area contributed by atoms with Crippen LogP contribution in [0.2, 0.25) is 0 Å². The van der Waals surface area contributed by atoms with Gasteiger partial charge in [0.1, 0.15) is 17.3 Å². The maximum absolute atomic E-state index is 14.9. The van der Waals surface area contributed by atoms with Gasteiger partial charge < -0.3 is 20.3 Å². The monoisotopic (exact) mass is 499 g/mol. The van der Waals surface area contributed by atoms with Gasteiger partial charge in [0.2, 0.25) is 0 Å². The van der Waals surface area contributed by atoms with Crippen molar-refractivity contribution >= 4 is 33.8 Å². The number of hydrogen-bond donors (Lipinski definition) is 2. The summed E-state index contributed by atoms with van der Waals surface area (Å²) < 4.78 is 20.0. The number of rotatable bonds is 2. The van der Waals surface area contributed by atoms with Crippen LogP contribution in [0.1, 0.15) is 23.7 Å². The summed E-state index contributed by atoms with van der Waals surface area (Å²) in [7, 11) is 3.61. The molecule has 0 bridgehead atoms. The van der Waals surface area contributed by atoms with Crippen LogP contribution >= 0.6 is 0 Å². The quantitative estimate of drug-likeness (QED) is 0.357. The average molecular weight is 500 g/mol. The summed E-state index contributed by atoms with van der Waals surface area (Å²) in [6.07, 6.45) is 4.66. The summed E-state index contributed by atoms with van der Waals surface area (Å²) in [6.45, 7) is 0.658. The predicted octanol–water partition coefficient (Wildman–Crippen LogP) is 2.76. The van der Waals surface area contributed by atoms with Crippen LogP contribution in [0.15, 0.2) is 36.9 Å². The Kier molecular flexibility index (Phi) is 5.08. The van der Waals surface area contributed by atoms with E-state index in [1.165, 1.54) is 11.0 Å². The molecule has 5 heterocycles. The number of imidazole rings is 1. The van der Waals surface area contributed by atoms with Crippen LogP contribution in [-0.4, -0.2) is 63.3 Å². The first-order valence-electron chi connectivity index (χ1n) is 11.6. The summed E-state index contributed by atoms with van der Waals surface area (Å²) in [5.74, 6) is 5.62. The highest BCUT2D eigenvalue weighted by atomic mass is 19.1. The number of benzene rings is 1. The van der Waals surface area contributed by atoms with Crippen molar-refractivity contribution in [2.45, 2.75) is 12.5 Å². The number of likely N-dealkylation sites (tertiary alicyclic amines) is 1. The van der Waals surface area contributed by atoms with E-state index in [1.54, 1.807) is 39.6 Å². The predicted molar refractivity (Wildman–Crippen MR) is 134 cm³/mol. The number of nitrogens with two attached hydrogens (primary N) is 1. The molecule has 3 N–H and O–H groups in total. The van der Waals surface area contributed by atoms with Crippen LogP contribution in [0.4, 0.5) is 15.0 Å². The molecule has 1 aliphatic heterocycles. The molecule has 1 saturated heterocycles. The Morgan fingerprint density at radius 1 is 1.22 bits per heavy atom. The Labute approximate surface area is 209 Å². The molecule has 1 aromatic carbocycles. The highest BCUT2D eigenvalue weighted by molar-refractivity contribution is 6.01. The van der Waals surface area contributed by atoms with Gasteiger partial charge in [-0.2, -0.15) is 10.2 Å². The molecule has 186 valence electrons. The van der Waals surface area contributed by atoms with Crippen LogP contribution < -0.4 is 5.73 Å². The van der Waals surface area contributed by atoms with E-state index in [2.05, 4.69) is 26.9 Å². The van der Waals surface area contributed by atoms with Crippen molar-refractivity contribution in [3.63, 3.8) is 0 Å². The molecule has 12 heteroatoms. The number of halogens is 1. The van der Waals surface area contributed by atoms with Gasteiger partial charge >= 0.3 is 6.09 Å². The Morgan fingerprint density at radius 3 is 2.78 bits per heavy atom. The standard InChI is InChI=1S/C25H22FN9O2/c1-32-13-29-20-9-14(17(26)10-21(20)32)3-4-19-22-23(35(31-19)15-5-8-34(12-15)25(36)37)16(11-28-24(22)27)18-6-7-33(2)30-18/h6-7,9-11,13,15H,5,8,12H2,1-2H3,(H2,27,28)(H,36,37)/t15-/m0/s1. The molecule has 1 amide bonds. The minimum Gasteiger partial charge on any atom is -0.465 e. The molecule has 0 radical (unpaired) electrons. The molecule has 37 heavy (non-hydrogen) atoms. The van der Waals surface area contributed by atoms with Crippen LogP contribution in [0.5, 0.6) is 0 Å². The van der Waals surface area contributed by atoms with Crippen LogP contribution in [0.25, 0.3) is 33.2 Å². The molecule has 0 unspecified atom stereocenters. The molecule has 5 aromatic rings. The van der Waals surface area contributed by atoms with Gasteiger partial charge in [0, 0.05) is 51.2 Å². The van der Waals surface area contributed by atoms with Crippen LogP contribution in [0, 0.1) is 17.7 Å². The first-order chi connectivity index (χ1) is 17.8. The summed E-state index contributed by atoms with van der Waals surface area (Å²) in [5.41, 5.74) is 10.1. The molecule has 4 aromatic heterocycles. The highest BCUT2D eigenvalue weighted by Gasteiger charge is 2.31. The molecule has 11 nitrogen and oxygen atoms in total. The lowest BCUT2D eigenvalue weighted by Crippen LogP contribution is -2.27. The zero-order valence-corrected chi connectivity index (χ0v) is 20.1. The number of carboxylic acid groups (broad SMARTS) is 1. The molecule has 1 atom stereocenters. The molecular formula is C25H22FN9O2. The van der Waals surface area contributed by atoms with E-state index in [0.717, 1.165) is 0 Å². The van der Waals surface area contributed by atoms with Crippen molar-refractivity contribution < 1.29 is 14.3 Å². The first kappa shape index (κ1) is 22.5. The summed E-state index contributed by atoms with van der Waals surface area (Å²) in [4.78, 5) is 21.6. The third-order valence-corrected chi connectivity index (χ3v) is 6.65. The van der Waals surface area contributed by atoms with Gasteiger partial charge in [0.15, 0.2) is 0 Å². The van der Waals surface area contributed by atoms with Crippen molar-refractivity contribution in [1.82, 2.24) is 39.0 Å². The average Bonchev–Trinajstić information content (AvgIpc) is 3.65. The Balaban J connectivity index is 1.54. The lowest BCUT2D eigenvalue weighted by Gasteiger charge is -2.15. The fourth-order valence-electron chi connectivity index (χ4n) is 4.78. The fourth-order valence-corrected chi connectivity index (χ4v) is 4.78. The number of hydrogen-bond acceptors (Lipinski definition) is 6. The first-order valence-corrected chi connectivity index (χ1v) is 11.6. The molecule has 1 aliphatic rings. The zero-order valence-electron chi connectivity index (χ0n) is 20.1. The lowest BCUT2D eigenvalue weighted by molar-refractivity contribution is 0.154. The van der Waals surface area contributed by atoms with Crippen LogP contribution in [0.3, 0.4) is 0 Å². The number of fused-ring (bicyclic) bond motifs is 2. The molecule has 0 spiro atoms. The van der Waals surface area contributed by atoms with E-state index in [-0.39, 0.29) is 24.0 Å². The highest BCUT2D eigenvalue weighted by Crippen LogP contribution is 2.35. The summed E-state index contributed by atoms with van der Waals surface area (Å²) in [5, 5.41) is 19.3. The minimum atomic E-state index is -0.981. The number of amides is 1. The number of aromatic nitrogens is 7. The van der Waals surface area contributed by atoms with Crippen molar-refractivity contribution in [2.24, 2.45) is 14.1 Å². The summed E-state index contributed by atoms with van der Waals surface area (Å²) >= 11 is 0. The number of pyridine rings is 1. The maximum atomic E-state index is 14.9. The third kappa shape index (κ3) is 3.72. The van der Waals surface area contributed by atoms with E-state index in [1.807, 2.05) is 19.3 Å². The van der Waals surface area contributed by atoms with Gasteiger partial charge in [-0.25, -0.2) is 19.2 Å². The normalized spacial score (nSPS) is 15.4. The maximum Gasteiger partial charge on any atom is 0.407 e. The minimum absolute atomic E-state index is 0.180. The number of nitrogen functional groups attached to an aromatic ring is 1. The Morgan fingerprint density at radius 2 is 2.05 bits per heavy atom. The van der Waals surface area contributed by atoms with Gasteiger partial charge in [-0.1, -0.05) is 5.92 Å². The van der Waals surface area contributed by atoms with E-state index < -0.39 is 11.9 Å². The van der Waals surface area contributed by atoms with Gasteiger partial charge in [-0.15, -0.1) is 0 Å². The van der Waals surface area contributed by atoms with Crippen LogP contribution in [-0.2, 0) is 14.1 Å². The molecule has 0 saturated carbocycles. The largest absolute Gasteiger partial charge is 0.465 e. The Hall–Kier alpha value is -4.92. The van der Waals surface area contributed by atoms with Crippen molar-refractivity contribution in [3.05, 3.63) is 54.0 Å². The van der Waals surface area contributed by atoms with E-state index in [9.17, 15) is 14.3 Å². The number of carbonyl (C=O) groups is 1. The zero-order chi connectivity index (χ0) is 25.8. The van der Waals surface area contributed by atoms with E-state index >= 15 is 0 Å². The number of anilines is 1. The van der Waals surface area contributed by atoms with Crippen molar-refractivity contribution in [1.29, 1.82) is 0 Å². The smallest absolute Gasteiger partial charge is 0.407 e. The topological polar surface area (TPSA) is 133 Å². The van der Waals surface area contributed by atoms with E-state index in [0.29, 0.717) is 51.9 Å². The molecule has 1 fully saturated rings. The second-order valence-corrected chi connectivity index (χ2v) is 9.05. The SMILES string of the molecule is Cn1ccc(-c2cnc(N)c3c(C#Cc4cc5ncn(C)c5cc4F)nn([C@H]4CCN(C(=O)O)C4)c23)n1. The summed E-state index contributed by atoms with van der Waals surface area (Å²) in [6, 6.07) is 4.61. The van der Waals surface area contributed by atoms with Crippen molar-refractivity contribution in [3.8, 4) is 23.1 Å². The van der Waals surface area contributed by atoms with Gasteiger partial charge in [-0.3, -0.25) is 9.36 Å². The van der Waals surface area contributed by atoms with Gasteiger partial charge in [0.05, 0.1) is 45.6 Å². The second kappa shape index (κ2) is 8.34. The van der Waals surface area contributed by atoms with E-state index in [4.69, 9.17) is 10.8 Å². The fraction of sp³-hybridized carbons (Fsp3) is 0.240.